The third-order valence-electron chi connectivity index (χ3n) is 3.03. The molecule has 1 aliphatic rings. The molecule has 2 N–H and O–H groups in total. The van der Waals surface area contributed by atoms with E-state index in [2.05, 4.69) is 4.99 Å². The van der Waals surface area contributed by atoms with E-state index >= 15 is 0 Å². The van der Waals surface area contributed by atoms with Gasteiger partial charge in [0.2, 0.25) is 5.88 Å². The van der Waals surface area contributed by atoms with Crippen LogP contribution in [0.3, 0.4) is 0 Å². The van der Waals surface area contributed by atoms with Crippen molar-refractivity contribution >= 4 is 53.1 Å². The number of aliphatic carboxylic acids is 1. The van der Waals surface area contributed by atoms with Crippen molar-refractivity contribution in [2.45, 2.75) is 6.54 Å². The van der Waals surface area contributed by atoms with E-state index in [0.29, 0.717) is 8.83 Å². The number of allylic oxidation sites excluding steroid dienone is 1. The number of carboxylic acids is 1. The molecular weight excluding hydrogens is 308 g/mol. The van der Waals surface area contributed by atoms with Gasteiger partial charge < -0.3 is 10.2 Å². The average Bonchev–Trinajstić information content (AvgIpc) is 2.96. The van der Waals surface area contributed by atoms with Crippen molar-refractivity contribution < 1.29 is 15.0 Å². The molecule has 3 rings (SSSR count). The Hall–Kier alpha value is -2.25. The van der Waals surface area contributed by atoms with Crippen LogP contribution in [0.5, 0.6) is 5.88 Å². The third-order valence-corrected chi connectivity index (χ3v) is 4.42. The summed E-state index contributed by atoms with van der Waals surface area (Å²) in [5, 5.41) is 19.0. The first-order valence-corrected chi connectivity index (χ1v) is 7.28. The summed E-state index contributed by atoms with van der Waals surface area (Å²) in [5.74, 6) is -1.18. The van der Waals surface area contributed by atoms with Crippen LogP contribution in [0, 0.1) is 3.95 Å². The molecule has 0 radical (unpaired) electrons. The van der Waals surface area contributed by atoms with E-state index in [0.717, 1.165) is 16.8 Å². The van der Waals surface area contributed by atoms with Crippen LogP contribution in [0.15, 0.2) is 29.3 Å². The summed E-state index contributed by atoms with van der Waals surface area (Å²) in [5.41, 5.74) is 2.71. The van der Waals surface area contributed by atoms with Crippen LogP contribution in [0.2, 0.25) is 0 Å². The molecule has 0 unspecified atom stereocenters. The molecule has 2 heterocycles. The zero-order valence-corrected chi connectivity index (χ0v) is 12.3. The number of aliphatic imine (C=N–C) groups is 1. The van der Waals surface area contributed by atoms with E-state index in [9.17, 15) is 9.90 Å². The fourth-order valence-corrected chi connectivity index (χ4v) is 3.34. The number of benzene rings is 1. The van der Waals surface area contributed by atoms with E-state index in [-0.39, 0.29) is 12.4 Å². The number of aromatic nitrogens is 1. The highest BCUT2D eigenvalue weighted by atomic mass is 32.1. The highest BCUT2D eigenvalue weighted by Gasteiger charge is 2.16. The van der Waals surface area contributed by atoms with Crippen molar-refractivity contribution in [1.29, 1.82) is 0 Å². The van der Waals surface area contributed by atoms with Crippen LogP contribution in [-0.4, -0.2) is 27.0 Å². The van der Waals surface area contributed by atoms with Crippen LogP contribution in [0.25, 0.3) is 11.6 Å². The summed E-state index contributed by atoms with van der Waals surface area (Å²) in [4.78, 5) is 15.6. The maximum atomic E-state index is 10.8. The second-order valence-corrected chi connectivity index (χ2v) is 6.09. The number of thiazole rings is 1. The Morgan fingerprint density at radius 1 is 1.43 bits per heavy atom. The van der Waals surface area contributed by atoms with Gasteiger partial charge in [-0.2, -0.15) is 0 Å². The van der Waals surface area contributed by atoms with Crippen molar-refractivity contribution in [2.24, 2.45) is 4.99 Å². The van der Waals surface area contributed by atoms with Gasteiger partial charge in [0.15, 0.2) is 3.95 Å². The molecule has 0 atom stereocenters. The minimum absolute atomic E-state index is 0.127. The predicted molar refractivity (Wildman–Crippen MR) is 84.9 cm³/mol. The van der Waals surface area contributed by atoms with Crippen LogP contribution < -0.4 is 0 Å². The average molecular weight is 318 g/mol. The van der Waals surface area contributed by atoms with Gasteiger partial charge in [-0.3, -0.25) is 14.4 Å². The minimum Gasteiger partial charge on any atom is -0.493 e. The molecule has 0 amide bonds. The van der Waals surface area contributed by atoms with Crippen LogP contribution >= 0.6 is 23.6 Å². The first-order chi connectivity index (χ1) is 10.1. The smallest absolute Gasteiger partial charge is 0.323 e. The number of carbonyl (C=O) groups is 1. The van der Waals surface area contributed by atoms with Crippen molar-refractivity contribution in [2.75, 3.05) is 0 Å². The number of rotatable bonds is 3. The van der Waals surface area contributed by atoms with E-state index < -0.39 is 5.97 Å². The van der Waals surface area contributed by atoms with Gasteiger partial charge in [0.05, 0.1) is 10.6 Å². The summed E-state index contributed by atoms with van der Waals surface area (Å²) >= 11 is 6.26. The molecule has 0 saturated heterocycles. The fraction of sp³-hybridized carbons (Fsp3) is 0.0714. The number of fused-ring (bicyclic) bond motifs is 1. The Kier molecular flexibility index (Phi) is 3.44. The third kappa shape index (κ3) is 2.53. The molecule has 21 heavy (non-hydrogen) atoms. The SMILES string of the molecule is O=C(O)Cn1c(O)c(C=C2C=Nc3ccccc32)sc1=S. The first-order valence-electron chi connectivity index (χ1n) is 6.06. The standard InChI is InChI=1S/C14H10N2O3S2/c17-12(18)7-16-13(19)11(21-14(16)20)5-8-6-15-10-4-2-1-3-9(8)10/h1-6,19H,7H2,(H,17,18). The summed E-state index contributed by atoms with van der Waals surface area (Å²) < 4.78 is 1.53. The van der Waals surface area contributed by atoms with Gasteiger partial charge in [0, 0.05) is 17.4 Å². The molecular formula is C14H10N2O3S2. The van der Waals surface area contributed by atoms with Crippen molar-refractivity contribution in [3.63, 3.8) is 0 Å². The van der Waals surface area contributed by atoms with E-state index in [4.69, 9.17) is 17.3 Å². The van der Waals surface area contributed by atoms with Gasteiger partial charge in [-0.05, 0) is 24.4 Å². The molecule has 5 nitrogen and oxygen atoms in total. The van der Waals surface area contributed by atoms with Crippen LogP contribution in [-0.2, 0) is 11.3 Å². The Balaban J connectivity index is 2.04. The predicted octanol–water partition coefficient (Wildman–Crippen LogP) is 3.33. The summed E-state index contributed by atoms with van der Waals surface area (Å²) in [7, 11) is 0. The lowest BCUT2D eigenvalue weighted by atomic mass is 10.1. The van der Waals surface area contributed by atoms with Gasteiger partial charge in [-0.25, -0.2) is 0 Å². The Bertz CT molecular complexity index is 846. The minimum atomic E-state index is -1.05. The molecule has 0 saturated carbocycles. The second kappa shape index (κ2) is 5.27. The van der Waals surface area contributed by atoms with E-state index in [1.54, 1.807) is 12.3 Å². The number of hydrogen-bond acceptors (Lipinski definition) is 5. The lowest BCUT2D eigenvalue weighted by Gasteiger charge is -2.01. The monoisotopic (exact) mass is 318 g/mol. The maximum absolute atomic E-state index is 10.8. The molecule has 1 aromatic carbocycles. The maximum Gasteiger partial charge on any atom is 0.323 e. The van der Waals surface area contributed by atoms with E-state index in [1.807, 2.05) is 24.3 Å². The van der Waals surface area contributed by atoms with Gasteiger partial charge in [0.1, 0.15) is 6.54 Å². The lowest BCUT2D eigenvalue weighted by molar-refractivity contribution is -0.137. The van der Waals surface area contributed by atoms with Gasteiger partial charge in [-0.15, -0.1) is 11.3 Å². The Morgan fingerprint density at radius 2 is 2.19 bits per heavy atom. The molecule has 0 fully saturated rings. The van der Waals surface area contributed by atoms with E-state index in [1.165, 1.54) is 15.9 Å². The molecule has 106 valence electrons. The number of hydrogen-bond donors (Lipinski definition) is 2. The normalized spacial score (nSPS) is 14.6. The quantitative estimate of drug-likeness (QED) is 0.851. The van der Waals surface area contributed by atoms with Gasteiger partial charge in [0.25, 0.3) is 0 Å². The molecule has 0 bridgehead atoms. The van der Waals surface area contributed by atoms with Crippen LogP contribution in [0.4, 0.5) is 5.69 Å². The fourth-order valence-electron chi connectivity index (χ4n) is 2.08. The molecule has 1 aromatic heterocycles. The summed E-state index contributed by atoms with van der Waals surface area (Å²) in [6.45, 7) is -0.352. The van der Waals surface area contributed by atoms with Gasteiger partial charge in [-0.1, -0.05) is 18.2 Å². The van der Waals surface area contributed by atoms with Crippen molar-refractivity contribution in [1.82, 2.24) is 4.57 Å². The van der Waals surface area contributed by atoms with Crippen molar-refractivity contribution in [3.05, 3.63) is 38.7 Å². The van der Waals surface area contributed by atoms with Crippen LogP contribution in [0.1, 0.15) is 10.4 Å². The van der Waals surface area contributed by atoms with Crippen molar-refractivity contribution in [3.8, 4) is 5.88 Å². The number of carboxylic acid groups (broad SMARTS) is 1. The highest BCUT2D eigenvalue weighted by Crippen LogP contribution is 2.35. The number of nitrogens with zero attached hydrogens (tertiary/aromatic N) is 2. The zero-order valence-electron chi connectivity index (χ0n) is 10.7. The molecule has 1 aliphatic heterocycles. The summed E-state index contributed by atoms with van der Waals surface area (Å²) in [6, 6.07) is 7.67. The summed E-state index contributed by atoms with van der Waals surface area (Å²) in [6.07, 6.45) is 3.48. The second-order valence-electron chi connectivity index (χ2n) is 4.41. The Labute approximate surface area is 129 Å². The topological polar surface area (TPSA) is 74.8 Å². The first kappa shape index (κ1) is 13.7. The largest absolute Gasteiger partial charge is 0.493 e. The zero-order chi connectivity index (χ0) is 15.0. The highest BCUT2D eigenvalue weighted by molar-refractivity contribution is 7.73. The number of aromatic hydroxyl groups is 1. The van der Waals surface area contributed by atoms with Gasteiger partial charge >= 0.3 is 5.97 Å². The number of para-hydroxylation sites is 1. The molecule has 7 heteroatoms. The lowest BCUT2D eigenvalue weighted by Crippen LogP contribution is -2.07. The molecule has 0 spiro atoms. The molecule has 2 aromatic rings. The Morgan fingerprint density at radius 3 is 2.95 bits per heavy atom. The molecule has 0 aliphatic carbocycles.